The van der Waals surface area contributed by atoms with E-state index in [1.54, 1.807) is 19.1 Å². The zero-order valence-corrected chi connectivity index (χ0v) is 10.4. The van der Waals surface area contributed by atoms with Crippen LogP contribution in [0.5, 0.6) is 5.75 Å². The van der Waals surface area contributed by atoms with E-state index in [-0.39, 0.29) is 25.2 Å². The Kier molecular flexibility index (Phi) is 5.15. The highest BCUT2D eigenvalue weighted by molar-refractivity contribution is 5.75. The first kappa shape index (κ1) is 14.0. The third kappa shape index (κ3) is 2.99. The third-order valence-electron chi connectivity index (χ3n) is 2.48. The Bertz CT molecular complexity index is 477. The van der Waals surface area contributed by atoms with E-state index in [9.17, 15) is 4.79 Å². The molecule has 5 heteroatoms. The number of methoxy groups -OCH3 is 1. The first-order chi connectivity index (χ1) is 8.67. The standard InChI is InChI=1S/C13H15NO4/c1-3-18-13(16)6-10-11(7-14)9(8-15)4-5-12(10)17-2/h4-5,15H,3,6,8H2,1-2H3. The van der Waals surface area contributed by atoms with Crippen LogP contribution in [-0.4, -0.2) is 24.8 Å². The summed E-state index contributed by atoms with van der Waals surface area (Å²) >= 11 is 0. The largest absolute Gasteiger partial charge is 0.496 e. The van der Waals surface area contributed by atoms with Gasteiger partial charge in [0.1, 0.15) is 5.75 Å². The van der Waals surface area contributed by atoms with Gasteiger partial charge < -0.3 is 14.6 Å². The molecule has 0 atom stereocenters. The molecular weight excluding hydrogens is 234 g/mol. The Morgan fingerprint density at radius 3 is 2.72 bits per heavy atom. The topological polar surface area (TPSA) is 79.6 Å². The summed E-state index contributed by atoms with van der Waals surface area (Å²) < 4.78 is 9.98. The van der Waals surface area contributed by atoms with Gasteiger partial charge in [-0.3, -0.25) is 4.79 Å². The summed E-state index contributed by atoms with van der Waals surface area (Å²) in [6.45, 7) is 1.73. The van der Waals surface area contributed by atoms with Crippen LogP contribution < -0.4 is 4.74 Å². The summed E-state index contributed by atoms with van der Waals surface area (Å²) in [6.07, 6.45) is -0.0479. The number of nitriles is 1. The zero-order valence-electron chi connectivity index (χ0n) is 10.4. The van der Waals surface area contributed by atoms with Crippen LogP contribution >= 0.6 is 0 Å². The number of hydrogen-bond acceptors (Lipinski definition) is 5. The third-order valence-corrected chi connectivity index (χ3v) is 2.48. The van der Waals surface area contributed by atoms with Crippen LogP contribution in [0.25, 0.3) is 0 Å². The second-order valence-corrected chi connectivity index (χ2v) is 3.53. The molecule has 0 fully saturated rings. The van der Waals surface area contributed by atoms with Gasteiger partial charge in [0, 0.05) is 5.56 Å². The molecule has 0 aliphatic rings. The van der Waals surface area contributed by atoms with Crippen molar-refractivity contribution in [3.05, 3.63) is 28.8 Å². The summed E-state index contributed by atoms with van der Waals surface area (Å²) in [4.78, 5) is 11.5. The smallest absolute Gasteiger partial charge is 0.310 e. The van der Waals surface area contributed by atoms with Gasteiger partial charge in [-0.2, -0.15) is 5.26 Å². The number of carbonyl (C=O) groups excluding carboxylic acids is 1. The maximum atomic E-state index is 11.5. The summed E-state index contributed by atoms with van der Waals surface area (Å²) in [5, 5.41) is 18.3. The zero-order chi connectivity index (χ0) is 13.5. The molecule has 96 valence electrons. The fourth-order valence-corrected chi connectivity index (χ4v) is 1.67. The lowest BCUT2D eigenvalue weighted by atomic mass is 9.99. The average molecular weight is 249 g/mol. The van der Waals surface area contributed by atoms with Crippen molar-refractivity contribution < 1.29 is 19.4 Å². The second-order valence-electron chi connectivity index (χ2n) is 3.53. The molecule has 0 bridgehead atoms. The number of nitrogens with zero attached hydrogens (tertiary/aromatic N) is 1. The summed E-state index contributed by atoms with van der Waals surface area (Å²) in [7, 11) is 1.46. The number of aliphatic hydroxyl groups is 1. The van der Waals surface area contributed by atoms with Crippen LogP contribution in [0.2, 0.25) is 0 Å². The molecule has 1 N–H and O–H groups in total. The van der Waals surface area contributed by atoms with Crippen LogP contribution in [-0.2, 0) is 22.6 Å². The maximum absolute atomic E-state index is 11.5. The lowest BCUT2D eigenvalue weighted by Crippen LogP contribution is -2.11. The van der Waals surface area contributed by atoms with Gasteiger partial charge in [0.2, 0.25) is 0 Å². The highest BCUT2D eigenvalue weighted by Crippen LogP contribution is 2.26. The van der Waals surface area contributed by atoms with Crippen molar-refractivity contribution in [1.82, 2.24) is 0 Å². The Morgan fingerprint density at radius 1 is 1.50 bits per heavy atom. The van der Waals surface area contributed by atoms with Crippen molar-refractivity contribution in [2.24, 2.45) is 0 Å². The van der Waals surface area contributed by atoms with Gasteiger partial charge in [-0.15, -0.1) is 0 Å². The molecule has 0 aliphatic carbocycles. The fourth-order valence-electron chi connectivity index (χ4n) is 1.67. The highest BCUT2D eigenvalue weighted by Gasteiger charge is 2.17. The summed E-state index contributed by atoms with van der Waals surface area (Å²) in [5.41, 5.74) is 1.19. The minimum atomic E-state index is -0.428. The molecule has 0 aliphatic heterocycles. The normalized spacial score (nSPS) is 9.67. The van der Waals surface area contributed by atoms with E-state index in [2.05, 4.69) is 0 Å². The van der Waals surface area contributed by atoms with E-state index in [4.69, 9.17) is 19.8 Å². The second kappa shape index (κ2) is 6.62. The Hall–Kier alpha value is -2.06. The van der Waals surface area contributed by atoms with Crippen molar-refractivity contribution in [3.63, 3.8) is 0 Å². The average Bonchev–Trinajstić information content (AvgIpc) is 2.38. The maximum Gasteiger partial charge on any atom is 0.310 e. The molecule has 0 radical (unpaired) electrons. The van der Waals surface area contributed by atoms with Crippen molar-refractivity contribution in [3.8, 4) is 11.8 Å². The fraction of sp³-hybridized carbons (Fsp3) is 0.385. The molecular formula is C13H15NO4. The molecule has 0 amide bonds. The minimum absolute atomic E-state index is 0.0479. The van der Waals surface area contributed by atoms with Crippen molar-refractivity contribution in [2.75, 3.05) is 13.7 Å². The Balaban J connectivity index is 3.20. The van der Waals surface area contributed by atoms with Gasteiger partial charge >= 0.3 is 5.97 Å². The summed E-state index contributed by atoms with van der Waals surface area (Å²) in [5.74, 6) is 0.0131. The molecule has 5 nitrogen and oxygen atoms in total. The number of benzene rings is 1. The van der Waals surface area contributed by atoms with Gasteiger partial charge in [0.15, 0.2) is 0 Å². The number of hydrogen-bond donors (Lipinski definition) is 1. The quantitative estimate of drug-likeness (QED) is 0.792. The van der Waals surface area contributed by atoms with Crippen LogP contribution in [0.4, 0.5) is 0 Å². The van der Waals surface area contributed by atoms with Crippen LogP contribution in [0.15, 0.2) is 12.1 Å². The van der Waals surface area contributed by atoms with Gasteiger partial charge in [-0.25, -0.2) is 0 Å². The van der Waals surface area contributed by atoms with Gasteiger partial charge in [0.05, 0.1) is 38.4 Å². The van der Waals surface area contributed by atoms with Crippen molar-refractivity contribution >= 4 is 5.97 Å². The Morgan fingerprint density at radius 2 is 2.22 bits per heavy atom. The Labute approximate surface area is 106 Å². The summed E-state index contributed by atoms with van der Waals surface area (Å²) in [6, 6.07) is 5.22. The van der Waals surface area contributed by atoms with E-state index >= 15 is 0 Å². The first-order valence-corrected chi connectivity index (χ1v) is 5.53. The van der Waals surface area contributed by atoms with Crippen LogP contribution in [0.3, 0.4) is 0 Å². The first-order valence-electron chi connectivity index (χ1n) is 5.53. The molecule has 0 aromatic heterocycles. The van der Waals surface area contributed by atoms with Gasteiger partial charge in [0.25, 0.3) is 0 Å². The van der Waals surface area contributed by atoms with E-state index in [1.165, 1.54) is 7.11 Å². The van der Waals surface area contributed by atoms with Crippen molar-refractivity contribution in [1.29, 1.82) is 5.26 Å². The molecule has 1 aromatic carbocycles. The SMILES string of the molecule is CCOC(=O)Cc1c(OC)ccc(CO)c1C#N. The number of aliphatic hydroxyl groups excluding tert-OH is 1. The van der Waals surface area contributed by atoms with Crippen molar-refractivity contribution in [2.45, 2.75) is 20.0 Å². The molecule has 0 heterocycles. The molecule has 0 unspecified atom stereocenters. The number of carbonyl (C=O) groups is 1. The molecule has 0 saturated carbocycles. The van der Waals surface area contributed by atoms with E-state index in [1.807, 2.05) is 6.07 Å². The molecule has 1 aromatic rings. The molecule has 0 saturated heterocycles. The lowest BCUT2D eigenvalue weighted by molar-refractivity contribution is -0.142. The number of rotatable bonds is 5. The van der Waals surface area contributed by atoms with Gasteiger partial charge in [-0.1, -0.05) is 6.07 Å². The highest BCUT2D eigenvalue weighted by atomic mass is 16.5. The lowest BCUT2D eigenvalue weighted by Gasteiger charge is -2.12. The predicted octanol–water partition coefficient (Wildman–Crippen LogP) is 1.16. The minimum Gasteiger partial charge on any atom is -0.496 e. The molecule has 1 rings (SSSR count). The van der Waals surface area contributed by atoms with Gasteiger partial charge in [-0.05, 0) is 18.6 Å². The predicted molar refractivity (Wildman–Crippen MR) is 64.0 cm³/mol. The molecule has 18 heavy (non-hydrogen) atoms. The van der Waals surface area contributed by atoms with Crippen LogP contribution in [0, 0.1) is 11.3 Å². The number of esters is 1. The molecule has 0 spiro atoms. The van der Waals surface area contributed by atoms with E-state index in [0.717, 1.165) is 0 Å². The van der Waals surface area contributed by atoms with E-state index in [0.29, 0.717) is 16.9 Å². The number of ether oxygens (including phenoxy) is 2. The van der Waals surface area contributed by atoms with Crippen LogP contribution in [0.1, 0.15) is 23.6 Å². The van der Waals surface area contributed by atoms with E-state index < -0.39 is 5.97 Å². The monoisotopic (exact) mass is 249 g/mol.